The Kier molecular flexibility index (Phi) is 6.65. The van der Waals surface area contributed by atoms with Gasteiger partial charge in [0.2, 0.25) is 0 Å². The van der Waals surface area contributed by atoms with Gasteiger partial charge in [0.05, 0.1) is 0 Å². The first-order valence-electron chi connectivity index (χ1n) is 6.60. The van der Waals surface area contributed by atoms with E-state index in [0.29, 0.717) is 6.04 Å². The summed E-state index contributed by atoms with van der Waals surface area (Å²) in [5.74, 6) is 0. The van der Waals surface area contributed by atoms with Crippen LogP contribution in [0.4, 0.5) is 0 Å². The molecule has 1 aliphatic heterocycles. The van der Waals surface area contributed by atoms with Crippen molar-refractivity contribution in [3.8, 4) is 0 Å². The van der Waals surface area contributed by atoms with Crippen molar-refractivity contribution in [2.75, 3.05) is 34.4 Å². The van der Waals surface area contributed by atoms with Gasteiger partial charge in [-0.3, -0.25) is 0 Å². The van der Waals surface area contributed by atoms with E-state index in [-0.39, 0.29) is 0 Å². The predicted molar refractivity (Wildman–Crippen MR) is 71.1 cm³/mol. The standard InChI is InChI=1S/C12H27NO3Si/c1-5-13-10-7-6-8-12(13)9-11-17(14-2,15-3)16-4/h12H,5-11H2,1-4H3. The van der Waals surface area contributed by atoms with E-state index in [2.05, 4.69) is 11.8 Å². The van der Waals surface area contributed by atoms with Gasteiger partial charge in [0, 0.05) is 33.4 Å². The normalized spacial score (nSPS) is 22.9. The number of nitrogens with zero attached hydrogens (tertiary/aromatic N) is 1. The maximum absolute atomic E-state index is 5.47. The summed E-state index contributed by atoms with van der Waals surface area (Å²) in [7, 11) is 2.71. The zero-order valence-corrected chi connectivity index (χ0v) is 12.7. The largest absolute Gasteiger partial charge is 0.500 e. The van der Waals surface area contributed by atoms with E-state index in [1.54, 1.807) is 21.3 Å². The van der Waals surface area contributed by atoms with E-state index in [1.807, 2.05) is 0 Å². The summed E-state index contributed by atoms with van der Waals surface area (Å²) in [6.45, 7) is 4.63. The summed E-state index contributed by atoms with van der Waals surface area (Å²) in [6.07, 6.45) is 5.11. The van der Waals surface area contributed by atoms with Crippen LogP contribution in [0.15, 0.2) is 0 Å². The summed E-state index contributed by atoms with van der Waals surface area (Å²) < 4.78 is 16.4. The lowest BCUT2D eigenvalue weighted by atomic mass is 10.0. The molecule has 17 heavy (non-hydrogen) atoms. The summed E-state index contributed by atoms with van der Waals surface area (Å²) in [5, 5.41) is 0. The molecule has 1 fully saturated rings. The molecule has 5 heteroatoms. The van der Waals surface area contributed by atoms with Gasteiger partial charge in [-0.1, -0.05) is 13.3 Å². The van der Waals surface area contributed by atoms with E-state index in [9.17, 15) is 0 Å². The maximum Gasteiger partial charge on any atom is 0.500 e. The Morgan fingerprint density at radius 1 is 1.12 bits per heavy atom. The van der Waals surface area contributed by atoms with Crippen molar-refractivity contribution >= 4 is 8.80 Å². The SMILES string of the molecule is CCN1CCCCC1CC[Si](OC)(OC)OC. The van der Waals surface area contributed by atoms with Crippen molar-refractivity contribution in [3.05, 3.63) is 0 Å². The zero-order valence-electron chi connectivity index (χ0n) is 11.7. The maximum atomic E-state index is 5.47. The Bertz CT molecular complexity index is 204. The molecule has 1 atom stereocenters. The molecule has 1 unspecified atom stereocenters. The van der Waals surface area contributed by atoms with Gasteiger partial charge in [0.1, 0.15) is 0 Å². The van der Waals surface area contributed by atoms with Crippen LogP contribution in [-0.2, 0) is 13.3 Å². The topological polar surface area (TPSA) is 30.9 Å². The quantitative estimate of drug-likeness (QED) is 0.657. The molecule has 102 valence electrons. The molecule has 0 aromatic rings. The van der Waals surface area contributed by atoms with Gasteiger partial charge in [0.25, 0.3) is 0 Å². The highest BCUT2D eigenvalue weighted by molar-refractivity contribution is 6.60. The molecule has 0 aliphatic carbocycles. The van der Waals surface area contributed by atoms with E-state index in [1.165, 1.54) is 25.8 Å². The number of hydrogen-bond acceptors (Lipinski definition) is 4. The molecule has 0 saturated carbocycles. The number of hydrogen-bond donors (Lipinski definition) is 0. The molecule has 0 N–H and O–H groups in total. The lowest BCUT2D eigenvalue weighted by molar-refractivity contribution is 0.110. The first-order chi connectivity index (χ1) is 8.21. The van der Waals surface area contributed by atoms with Gasteiger partial charge in [-0.15, -0.1) is 0 Å². The third kappa shape index (κ3) is 4.03. The number of piperidine rings is 1. The fraction of sp³-hybridized carbons (Fsp3) is 1.00. The molecule has 0 radical (unpaired) electrons. The molecule has 1 saturated heterocycles. The Balaban J connectivity index is 2.46. The Hall–Kier alpha value is 0.0569. The van der Waals surface area contributed by atoms with Gasteiger partial charge >= 0.3 is 8.80 Å². The second-order valence-electron chi connectivity index (χ2n) is 4.61. The van der Waals surface area contributed by atoms with Gasteiger partial charge < -0.3 is 18.2 Å². The Morgan fingerprint density at radius 2 is 1.76 bits per heavy atom. The predicted octanol–water partition coefficient (Wildman–Crippen LogP) is 2.13. The summed E-state index contributed by atoms with van der Waals surface area (Å²) >= 11 is 0. The van der Waals surface area contributed by atoms with Crippen LogP contribution in [0.2, 0.25) is 6.04 Å². The van der Waals surface area contributed by atoms with Crippen molar-refractivity contribution in [1.82, 2.24) is 4.90 Å². The van der Waals surface area contributed by atoms with Crippen LogP contribution < -0.4 is 0 Å². The molecular formula is C12H27NO3Si. The van der Waals surface area contributed by atoms with Crippen LogP contribution in [0.25, 0.3) is 0 Å². The van der Waals surface area contributed by atoms with Crippen LogP contribution in [-0.4, -0.2) is 54.2 Å². The summed E-state index contributed by atoms with van der Waals surface area (Å²) in [6, 6.07) is 1.60. The van der Waals surface area contributed by atoms with Crippen LogP contribution in [0, 0.1) is 0 Å². The smallest absolute Gasteiger partial charge is 0.377 e. The average Bonchev–Trinajstić information content (AvgIpc) is 2.41. The van der Waals surface area contributed by atoms with Crippen LogP contribution in [0.3, 0.4) is 0 Å². The van der Waals surface area contributed by atoms with Gasteiger partial charge in [-0.25, -0.2) is 0 Å². The molecule has 4 nitrogen and oxygen atoms in total. The molecule has 0 bridgehead atoms. The van der Waals surface area contributed by atoms with Gasteiger partial charge in [-0.2, -0.15) is 0 Å². The molecule has 1 heterocycles. The second kappa shape index (κ2) is 7.48. The van der Waals surface area contributed by atoms with Crippen molar-refractivity contribution in [2.45, 2.75) is 44.7 Å². The number of likely N-dealkylation sites (tertiary alicyclic amines) is 1. The number of rotatable bonds is 7. The molecule has 1 rings (SSSR count). The summed E-state index contributed by atoms with van der Waals surface area (Å²) in [4.78, 5) is 2.57. The zero-order chi connectivity index (χ0) is 12.7. The average molecular weight is 261 g/mol. The monoisotopic (exact) mass is 261 g/mol. The highest BCUT2D eigenvalue weighted by Crippen LogP contribution is 2.24. The fourth-order valence-electron chi connectivity index (χ4n) is 2.70. The lowest BCUT2D eigenvalue weighted by Crippen LogP contribution is -2.46. The molecule has 0 amide bonds. The molecular weight excluding hydrogens is 234 g/mol. The minimum atomic E-state index is -2.37. The van der Waals surface area contributed by atoms with Crippen molar-refractivity contribution in [2.24, 2.45) is 0 Å². The van der Waals surface area contributed by atoms with E-state index in [4.69, 9.17) is 13.3 Å². The molecule has 0 aromatic heterocycles. The lowest BCUT2D eigenvalue weighted by Gasteiger charge is -2.36. The highest BCUT2D eigenvalue weighted by Gasteiger charge is 2.38. The van der Waals surface area contributed by atoms with Crippen LogP contribution in [0.5, 0.6) is 0 Å². The van der Waals surface area contributed by atoms with Crippen LogP contribution in [0.1, 0.15) is 32.6 Å². The third-order valence-electron chi connectivity index (χ3n) is 3.87. The Labute approximate surface area is 107 Å². The summed E-state index contributed by atoms with van der Waals surface area (Å²) in [5.41, 5.74) is 0. The first kappa shape index (κ1) is 15.1. The first-order valence-corrected chi connectivity index (χ1v) is 8.54. The fourth-order valence-corrected chi connectivity index (χ4v) is 4.50. The highest BCUT2D eigenvalue weighted by atomic mass is 28.4. The van der Waals surface area contributed by atoms with Crippen molar-refractivity contribution in [1.29, 1.82) is 0 Å². The minimum absolute atomic E-state index is 0.682. The Morgan fingerprint density at radius 3 is 2.29 bits per heavy atom. The molecule has 1 aliphatic rings. The van der Waals surface area contributed by atoms with Crippen molar-refractivity contribution in [3.63, 3.8) is 0 Å². The van der Waals surface area contributed by atoms with Crippen molar-refractivity contribution < 1.29 is 13.3 Å². The van der Waals surface area contributed by atoms with Gasteiger partial charge in [-0.05, 0) is 32.4 Å². The third-order valence-corrected chi connectivity index (χ3v) is 6.64. The minimum Gasteiger partial charge on any atom is -0.377 e. The van der Waals surface area contributed by atoms with E-state index < -0.39 is 8.80 Å². The second-order valence-corrected chi connectivity index (χ2v) is 7.70. The molecule has 0 aromatic carbocycles. The molecule has 0 spiro atoms. The van der Waals surface area contributed by atoms with E-state index in [0.717, 1.165) is 19.0 Å². The van der Waals surface area contributed by atoms with Gasteiger partial charge in [0.15, 0.2) is 0 Å². The van der Waals surface area contributed by atoms with Crippen LogP contribution >= 0.6 is 0 Å². The van der Waals surface area contributed by atoms with E-state index >= 15 is 0 Å².